The first-order valence-corrected chi connectivity index (χ1v) is 5.65. The fourth-order valence-corrected chi connectivity index (χ4v) is 1.79. The molecule has 1 heteroatoms. The molecule has 0 fully saturated rings. The summed E-state index contributed by atoms with van der Waals surface area (Å²) in [4.78, 5) is 0. The van der Waals surface area contributed by atoms with Crippen LogP contribution in [0.15, 0.2) is 0 Å². The summed E-state index contributed by atoms with van der Waals surface area (Å²) in [5, 5.41) is 0.636. The van der Waals surface area contributed by atoms with Crippen LogP contribution >= 0.6 is 12.6 Å². The number of rotatable bonds is 5. The van der Waals surface area contributed by atoms with Gasteiger partial charge in [-0.2, -0.15) is 12.6 Å². The SMILES string of the molecule is CCCC(S)CCCC(C)(C)C. The Bertz CT molecular complexity index is 102. The highest BCUT2D eigenvalue weighted by Gasteiger charge is 2.10. The predicted molar refractivity (Wildman–Crippen MR) is 61.0 cm³/mol. The molecule has 0 amide bonds. The van der Waals surface area contributed by atoms with E-state index >= 15 is 0 Å². The molecule has 12 heavy (non-hydrogen) atoms. The van der Waals surface area contributed by atoms with Crippen LogP contribution in [0.2, 0.25) is 0 Å². The minimum Gasteiger partial charge on any atom is -0.176 e. The summed E-state index contributed by atoms with van der Waals surface area (Å²) in [6, 6.07) is 0. The smallest absolute Gasteiger partial charge is 0.00167 e. The highest BCUT2D eigenvalue weighted by Crippen LogP contribution is 2.23. The Kier molecular flexibility index (Phi) is 6.08. The molecule has 0 radical (unpaired) electrons. The second-order valence-corrected chi connectivity index (χ2v) is 5.63. The average Bonchev–Trinajstić information content (AvgIpc) is 1.84. The molecular weight excluding hydrogens is 164 g/mol. The number of hydrogen-bond acceptors (Lipinski definition) is 1. The van der Waals surface area contributed by atoms with Crippen molar-refractivity contribution in [2.45, 2.75) is 65.0 Å². The molecule has 0 spiro atoms. The summed E-state index contributed by atoms with van der Waals surface area (Å²) >= 11 is 4.54. The number of hydrogen-bond donors (Lipinski definition) is 1. The zero-order valence-corrected chi connectivity index (χ0v) is 9.95. The molecule has 0 aliphatic rings. The lowest BCUT2D eigenvalue weighted by Gasteiger charge is -2.18. The molecule has 0 aromatic rings. The van der Waals surface area contributed by atoms with Crippen LogP contribution in [0, 0.1) is 5.41 Å². The monoisotopic (exact) mass is 188 g/mol. The summed E-state index contributed by atoms with van der Waals surface area (Å²) in [5.41, 5.74) is 0.500. The van der Waals surface area contributed by atoms with Gasteiger partial charge in [0.05, 0.1) is 0 Å². The van der Waals surface area contributed by atoms with E-state index in [9.17, 15) is 0 Å². The van der Waals surface area contributed by atoms with Crippen LogP contribution in [0.4, 0.5) is 0 Å². The van der Waals surface area contributed by atoms with E-state index < -0.39 is 0 Å². The third kappa shape index (κ3) is 8.45. The lowest BCUT2D eigenvalue weighted by molar-refractivity contribution is 0.358. The van der Waals surface area contributed by atoms with Crippen molar-refractivity contribution in [3.63, 3.8) is 0 Å². The van der Waals surface area contributed by atoms with Crippen LogP contribution in [0.1, 0.15) is 59.8 Å². The standard InChI is InChI=1S/C11H24S/c1-5-7-10(12)8-6-9-11(2,3)4/h10,12H,5-9H2,1-4H3. The van der Waals surface area contributed by atoms with Gasteiger partial charge >= 0.3 is 0 Å². The quantitative estimate of drug-likeness (QED) is 0.611. The molecule has 0 heterocycles. The van der Waals surface area contributed by atoms with E-state index in [4.69, 9.17) is 0 Å². The summed E-state index contributed by atoms with van der Waals surface area (Å²) in [6.45, 7) is 9.15. The van der Waals surface area contributed by atoms with E-state index in [1.807, 2.05) is 0 Å². The molecule has 0 saturated heterocycles. The topological polar surface area (TPSA) is 0 Å². The normalized spacial score (nSPS) is 14.8. The largest absolute Gasteiger partial charge is 0.176 e. The van der Waals surface area contributed by atoms with Gasteiger partial charge in [-0.1, -0.05) is 40.5 Å². The third-order valence-electron chi connectivity index (χ3n) is 2.09. The molecule has 0 N–H and O–H groups in total. The highest BCUT2D eigenvalue weighted by molar-refractivity contribution is 7.80. The molecule has 0 aliphatic heterocycles. The first-order valence-electron chi connectivity index (χ1n) is 5.14. The van der Waals surface area contributed by atoms with E-state index in [0.29, 0.717) is 10.7 Å². The van der Waals surface area contributed by atoms with Gasteiger partial charge in [0.2, 0.25) is 0 Å². The zero-order chi connectivity index (χ0) is 9.61. The minimum absolute atomic E-state index is 0.500. The molecule has 0 nitrogen and oxygen atoms in total. The Balaban J connectivity index is 3.31. The molecule has 1 atom stereocenters. The molecular formula is C11H24S. The van der Waals surface area contributed by atoms with Crippen LogP contribution in [-0.4, -0.2) is 5.25 Å². The van der Waals surface area contributed by atoms with Gasteiger partial charge in [-0.15, -0.1) is 0 Å². The maximum Gasteiger partial charge on any atom is 0.00167 e. The van der Waals surface area contributed by atoms with Gasteiger partial charge < -0.3 is 0 Å². The van der Waals surface area contributed by atoms with Crippen molar-refractivity contribution in [3.8, 4) is 0 Å². The van der Waals surface area contributed by atoms with Gasteiger partial charge in [0.15, 0.2) is 0 Å². The van der Waals surface area contributed by atoms with Crippen LogP contribution < -0.4 is 0 Å². The van der Waals surface area contributed by atoms with Crippen LogP contribution in [0.5, 0.6) is 0 Å². The van der Waals surface area contributed by atoms with E-state index in [1.165, 1.54) is 32.1 Å². The summed E-state index contributed by atoms with van der Waals surface area (Å²) < 4.78 is 0. The fourth-order valence-electron chi connectivity index (χ4n) is 1.35. The summed E-state index contributed by atoms with van der Waals surface area (Å²) in [5.74, 6) is 0. The highest BCUT2D eigenvalue weighted by atomic mass is 32.1. The van der Waals surface area contributed by atoms with Crippen LogP contribution in [0.3, 0.4) is 0 Å². The van der Waals surface area contributed by atoms with E-state index in [-0.39, 0.29) is 0 Å². The van der Waals surface area contributed by atoms with Crippen molar-refractivity contribution in [1.29, 1.82) is 0 Å². The van der Waals surface area contributed by atoms with E-state index in [2.05, 4.69) is 40.3 Å². The minimum atomic E-state index is 0.500. The summed E-state index contributed by atoms with van der Waals surface area (Å²) in [6.07, 6.45) is 6.48. The maximum absolute atomic E-state index is 4.54. The molecule has 0 aliphatic carbocycles. The van der Waals surface area contributed by atoms with Crippen molar-refractivity contribution in [1.82, 2.24) is 0 Å². The van der Waals surface area contributed by atoms with E-state index in [1.54, 1.807) is 0 Å². The molecule has 0 aromatic carbocycles. The maximum atomic E-state index is 4.54. The van der Waals surface area contributed by atoms with Gasteiger partial charge in [-0.05, 0) is 24.7 Å². The summed E-state index contributed by atoms with van der Waals surface area (Å²) in [7, 11) is 0. The Morgan fingerprint density at radius 1 is 1.17 bits per heavy atom. The first-order chi connectivity index (χ1) is 5.45. The van der Waals surface area contributed by atoms with Crippen molar-refractivity contribution in [2.24, 2.45) is 5.41 Å². The Morgan fingerprint density at radius 3 is 2.17 bits per heavy atom. The predicted octanol–water partition coefficient (Wildman–Crippen LogP) is 4.30. The Labute approximate surface area is 83.5 Å². The van der Waals surface area contributed by atoms with E-state index in [0.717, 1.165) is 0 Å². The Hall–Kier alpha value is 0.350. The van der Waals surface area contributed by atoms with Crippen molar-refractivity contribution in [2.75, 3.05) is 0 Å². The molecule has 1 unspecified atom stereocenters. The van der Waals surface area contributed by atoms with Crippen molar-refractivity contribution in [3.05, 3.63) is 0 Å². The van der Waals surface area contributed by atoms with Gasteiger partial charge in [0.1, 0.15) is 0 Å². The van der Waals surface area contributed by atoms with Crippen LogP contribution in [0.25, 0.3) is 0 Å². The third-order valence-corrected chi connectivity index (χ3v) is 2.60. The molecule has 0 saturated carbocycles. The first kappa shape index (κ1) is 12.3. The Morgan fingerprint density at radius 2 is 1.75 bits per heavy atom. The second kappa shape index (κ2) is 5.90. The molecule has 0 aromatic heterocycles. The molecule has 0 rings (SSSR count). The fraction of sp³-hybridized carbons (Fsp3) is 1.00. The number of thiol groups is 1. The zero-order valence-electron chi connectivity index (χ0n) is 9.06. The lowest BCUT2D eigenvalue weighted by Crippen LogP contribution is -2.06. The van der Waals surface area contributed by atoms with Gasteiger partial charge in [0.25, 0.3) is 0 Å². The van der Waals surface area contributed by atoms with Gasteiger partial charge in [-0.3, -0.25) is 0 Å². The van der Waals surface area contributed by atoms with Crippen molar-refractivity contribution >= 4 is 12.6 Å². The second-order valence-electron chi connectivity index (χ2n) is 4.90. The lowest BCUT2D eigenvalue weighted by atomic mass is 9.89. The molecule has 74 valence electrons. The van der Waals surface area contributed by atoms with Crippen molar-refractivity contribution < 1.29 is 0 Å². The van der Waals surface area contributed by atoms with Crippen LogP contribution in [-0.2, 0) is 0 Å². The van der Waals surface area contributed by atoms with Gasteiger partial charge in [-0.25, -0.2) is 0 Å². The average molecular weight is 188 g/mol. The molecule has 0 bridgehead atoms. The van der Waals surface area contributed by atoms with Gasteiger partial charge in [0, 0.05) is 5.25 Å².